The van der Waals surface area contributed by atoms with E-state index in [-0.39, 0.29) is 5.41 Å². The zero-order valence-electron chi connectivity index (χ0n) is 20.9. The predicted molar refractivity (Wildman–Crippen MR) is 135 cm³/mol. The van der Waals surface area contributed by atoms with Crippen LogP contribution in [0.3, 0.4) is 0 Å². The number of aryl methyl sites for hydroxylation is 1. The summed E-state index contributed by atoms with van der Waals surface area (Å²) in [5.41, 5.74) is 3.72. The van der Waals surface area contributed by atoms with Crippen LogP contribution >= 0.6 is 0 Å². The van der Waals surface area contributed by atoms with Crippen LogP contribution in [0.25, 0.3) is 10.9 Å². The van der Waals surface area contributed by atoms with Gasteiger partial charge in [0.25, 0.3) is 5.91 Å². The molecule has 2 aromatic carbocycles. The van der Waals surface area contributed by atoms with Gasteiger partial charge in [-0.25, -0.2) is 4.79 Å². The number of aromatic nitrogens is 1. The molecule has 0 saturated heterocycles. The van der Waals surface area contributed by atoms with Crippen molar-refractivity contribution in [1.82, 2.24) is 4.98 Å². The number of rotatable bonds is 6. The summed E-state index contributed by atoms with van der Waals surface area (Å²) in [6.45, 7) is 6.26. The maximum Gasteiger partial charge on any atom is 0.339 e. The molecule has 1 aliphatic carbocycles. The average Bonchev–Trinajstić information content (AvgIpc) is 2.84. The van der Waals surface area contributed by atoms with Crippen LogP contribution in [0.1, 0.15) is 48.8 Å². The fraction of sp³-hybridized carbons (Fsp3) is 0.393. The van der Waals surface area contributed by atoms with Crippen LogP contribution < -0.4 is 14.8 Å². The molecule has 1 atom stereocenters. The highest BCUT2D eigenvalue weighted by molar-refractivity contribution is 6.06. The third-order valence-corrected chi connectivity index (χ3v) is 6.70. The van der Waals surface area contributed by atoms with E-state index in [2.05, 4.69) is 26.1 Å². The van der Waals surface area contributed by atoms with Gasteiger partial charge in [-0.1, -0.05) is 39.0 Å². The van der Waals surface area contributed by atoms with Crippen LogP contribution in [0.15, 0.2) is 42.5 Å². The normalized spacial score (nSPS) is 15.3. The Kier molecular flexibility index (Phi) is 6.96. The Morgan fingerprint density at radius 1 is 1.09 bits per heavy atom. The van der Waals surface area contributed by atoms with E-state index >= 15 is 0 Å². The maximum atomic E-state index is 13.4. The number of amides is 1. The summed E-state index contributed by atoms with van der Waals surface area (Å²) in [4.78, 5) is 30.9. The van der Waals surface area contributed by atoms with Gasteiger partial charge in [-0.3, -0.25) is 9.78 Å². The van der Waals surface area contributed by atoms with Gasteiger partial charge in [0.1, 0.15) is 11.5 Å². The Labute approximate surface area is 205 Å². The number of anilines is 1. The van der Waals surface area contributed by atoms with E-state index in [0.717, 1.165) is 41.4 Å². The average molecular weight is 477 g/mol. The van der Waals surface area contributed by atoms with Gasteiger partial charge in [-0.15, -0.1) is 0 Å². The molecule has 1 amide bonds. The summed E-state index contributed by atoms with van der Waals surface area (Å²) in [5.74, 6) is 0.495. The van der Waals surface area contributed by atoms with Crippen molar-refractivity contribution < 1.29 is 23.8 Å². The number of carbonyl (C=O) groups is 2. The molecule has 1 N–H and O–H groups in total. The van der Waals surface area contributed by atoms with Gasteiger partial charge >= 0.3 is 5.97 Å². The summed E-state index contributed by atoms with van der Waals surface area (Å²) in [5, 5.41) is 3.49. The van der Waals surface area contributed by atoms with Gasteiger partial charge in [0.2, 0.25) is 0 Å². The first-order valence-electron chi connectivity index (χ1n) is 11.8. The third kappa shape index (κ3) is 5.24. The molecule has 3 aromatic rings. The van der Waals surface area contributed by atoms with Gasteiger partial charge < -0.3 is 19.5 Å². The summed E-state index contributed by atoms with van der Waals surface area (Å²) in [6, 6.07) is 12.7. The van der Waals surface area contributed by atoms with E-state index in [0.29, 0.717) is 28.7 Å². The molecule has 7 heteroatoms. The molecular weight excluding hydrogens is 444 g/mol. The van der Waals surface area contributed by atoms with E-state index in [1.807, 2.05) is 24.3 Å². The van der Waals surface area contributed by atoms with Crippen molar-refractivity contribution in [2.45, 2.75) is 40.0 Å². The number of hydrogen-bond acceptors (Lipinski definition) is 6. The molecule has 0 saturated carbocycles. The van der Waals surface area contributed by atoms with Crippen LogP contribution in [0.2, 0.25) is 0 Å². The van der Waals surface area contributed by atoms with Crippen LogP contribution in [0.4, 0.5) is 5.69 Å². The van der Waals surface area contributed by atoms with Crippen LogP contribution in [-0.4, -0.2) is 37.7 Å². The molecule has 0 aliphatic heterocycles. The van der Waals surface area contributed by atoms with Gasteiger partial charge in [0.05, 0.1) is 31.0 Å². The molecular formula is C28H32N2O5. The quantitative estimate of drug-likeness (QED) is 0.492. The van der Waals surface area contributed by atoms with Crippen LogP contribution in [0, 0.1) is 11.3 Å². The minimum absolute atomic E-state index is 0.111. The Bertz CT molecular complexity index is 1260. The number of fused-ring (bicyclic) bond motifs is 2. The third-order valence-electron chi connectivity index (χ3n) is 6.70. The first-order chi connectivity index (χ1) is 16.7. The first-order valence-corrected chi connectivity index (χ1v) is 11.8. The van der Waals surface area contributed by atoms with Crippen molar-refractivity contribution in [2.75, 3.05) is 26.1 Å². The molecule has 0 unspecified atom stereocenters. The lowest BCUT2D eigenvalue weighted by atomic mass is 9.70. The van der Waals surface area contributed by atoms with Gasteiger partial charge in [0.15, 0.2) is 6.61 Å². The minimum Gasteiger partial charge on any atom is -0.497 e. The fourth-order valence-electron chi connectivity index (χ4n) is 4.66. The number of nitrogens with zero attached hydrogens (tertiary/aromatic N) is 1. The van der Waals surface area contributed by atoms with E-state index < -0.39 is 18.5 Å². The number of methoxy groups -OCH3 is 2. The Hall–Kier alpha value is -3.61. The van der Waals surface area contributed by atoms with E-state index in [1.165, 1.54) is 7.11 Å². The molecule has 4 rings (SSSR count). The number of hydrogen-bond donors (Lipinski definition) is 1. The first kappa shape index (κ1) is 24.5. The van der Waals surface area contributed by atoms with Gasteiger partial charge in [0, 0.05) is 17.1 Å². The standard InChI is InChI=1S/C28H32N2O5/c1-28(2,3)17-10-12-22-20(14-17)26(19-8-6-7-9-21(19)29-22)27(32)35-16-25(31)30-23-15-18(33-4)11-13-24(23)34-5/h6-9,11,13,15,17H,10,12,14,16H2,1-5H3,(H,30,31)/t17-/m1/s1. The minimum atomic E-state index is -0.512. The zero-order chi connectivity index (χ0) is 25.2. The van der Waals surface area contributed by atoms with Crippen molar-refractivity contribution in [2.24, 2.45) is 11.3 Å². The SMILES string of the molecule is COc1ccc(OC)c(NC(=O)COC(=O)c2c3c(nc4ccccc24)CC[C@@H](C(C)(C)C)C3)c1. The second-order valence-corrected chi connectivity index (χ2v) is 9.93. The van der Waals surface area contributed by atoms with Crippen molar-refractivity contribution >= 4 is 28.5 Å². The molecule has 7 nitrogen and oxygen atoms in total. The molecule has 0 spiro atoms. The molecule has 0 fully saturated rings. The number of para-hydroxylation sites is 1. The van der Waals surface area contributed by atoms with E-state index in [1.54, 1.807) is 25.3 Å². The lowest BCUT2D eigenvalue weighted by Gasteiger charge is -2.35. The number of ether oxygens (including phenoxy) is 3. The molecule has 35 heavy (non-hydrogen) atoms. The highest BCUT2D eigenvalue weighted by Gasteiger charge is 2.33. The molecule has 1 aliphatic rings. The van der Waals surface area contributed by atoms with Crippen molar-refractivity contribution in [1.29, 1.82) is 0 Å². The summed E-state index contributed by atoms with van der Waals surface area (Å²) < 4.78 is 16.1. The maximum absolute atomic E-state index is 13.4. The Balaban J connectivity index is 1.58. The van der Waals surface area contributed by atoms with Crippen LogP contribution in [-0.2, 0) is 22.4 Å². The Morgan fingerprint density at radius 2 is 1.86 bits per heavy atom. The summed E-state index contributed by atoms with van der Waals surface area (Å²) >= 11 is 0. The second kappa shape index (κ2) is 9.94. The lowest BCUT2D eigenvalue weighted by molar-refractivity contribution is -0.119. The van der Waals surface area contributed by atoms with E-state index in [4.69, 9.17) is 19.2 Å². The number of nitrogens with one attached hydrogen (secondary N) is 1. The van der Waals surface area contributed by atoms with Gasteiger partial charge in [-0.05, 0) is 54.4 Å². The summed E-state index contributed by atoms with van der Waals surface area (Å²) in [7, 11) is 3.05. The molecule has 0 bridgehead atoms. The largest absolute Gasteiger partial charge is 0.497 e. The lowest BCUT2D eigenvalue weighted by Crippen LogP contribution is -2.29. The zero-order valence-corrected chi connectivity index (χ0v) is 20.9. The number of carbonyl (C=O) groups excluding carboxylic acids is 2. The highest BCUT2D eigenvalue weighted by atomic mass is 16.5. The van der Waals surface area contributed by atoms with Crippen molar-refractivity contribution in [3.63, 3.8) is 0 Å². The topological polar surface area (TPSA) is 86.8 Å². The van der Waals surface area contributed by atoms with Crippen molar-refractivity contribution in [3.8, 4) is 11.5 Å². The van der Waals surface area contributed by atoms with E-state index in [9.17, 15) is 9.59 Å². The molecule has 1 aromatic heterocycles. The fourth-order valence-corrected chi connectivity index (χ4v) is 4.66. The van der Waals surface area contributed by atoms with Crippen molar-refractivity contribution in [3.05, 3.63) is 59.3 Å². The van der Waals surface area contributed by atoms with Crippen LogP contribution in [0.5, 0.6) is 11.5 Å². The molecule has 184 valence electrons. The number of esters is 1. The molecule has 1 heterocycles. The highest BCUT2D eigenvalue weighted by Crippen LogP contribution is 2.39. The second-order valence-electron chi connectivity index (χ2n) is 9.93. The predicted octanol–water partition coefficient (Wildman–Crippen LogP) is 5.20. The number of pyridine rings is 1. The van der Waals surface area contributed by atoms with Gasteiger partial charge in [-0.2, -0.15) is 0 Å². The Morgan fingerprint density at radius 3 is 2.57 bits per heavy atom. The summed E-state index contributed by atoms with van der Waals surface area (Å²) in [6.07, 6.45) is 2.61. The number of benzene rings is 2. The smallest absolute Gasteiger partial charge is 0.339 e. The molecule has 0 radical (unpaired) electrons. The monoisotopic (exact) mass is 476 g/mol.